The van der Waals surface area contributed by atoms with Gasteiger partial charge in [0, 0.05) is 24.3 Å². The van der Waals surface area contributed by atoms with E-state index in [-0.39, 0.29) is 18.6 Å². The van der Waals surface area contributed by atoms with Crippen molar-refractivity contribution in [3.8, 4) is 5.69 Å². The Morgan fingerprint density at radius 3 is 2.85 bits per heavy atom. The van der Waals surface area contributed by atoms with Crippen LogP contribution in [0.1, 0.15) is 36.2 Å². The number of carbonyl (C=O) groups is 1. The van der Waals surface area contributed by atoms with Crippen LogP contribution in [0.15, 0.2) is 18.2 Å². The standard InChI is InChI=1S/C18H21Cl2N3O3/c1-11-14(10-17(24)22-26-18-5-3-4-8-25-18)12(2)23(21-11)13-6-7-15(19)16(20)9-13/h6-7,9,18H,3-5,8,10H2,1-2H3,(H,22,24). The fourth-order valence-electron chi connectivity index (χ4n) is 2.93. The van der Waals surface area contributed by atoms with Gasteiger partial charge < -0.3 is 4.74 Å². The van der Waals surface area contributed by atoms with Crippen LogP contribution in [-0.2, 0) is 20.8 Å². The molecule has 0 aliphatic carbocycles. The third kappa shape index (κ3) is 4.38. The van der Waals surface area contributed by atoms with Crippen molar-refractivity contribution in [1.82, 2.24) is 15.3 Å². The fourth-order valence-corrected chi connectivity index (χ4v) is 3.22. The van der Waals surface area contributed by atoms with Gasteiger partial charge >= 0.3 is 0 Å². The number of hydrogen-bond donors (Lipinski definition) is 1. The van der Waals surface area contributed by atoms with E-state index in [2.05, 4.69) is 10.6 Å². The highest BCUT2D eigenvalue weighted by molar-refractivity contribution is 6.42. The van der Waals surface area contributed by atoms with Crippen LogP contribution in [0.4, 0.5) is 0 Å². The van der Waals surface area contributed by atoms with Gasteiger partial charge in [-0.25, -0.2) is 15.0 Å². The first kappa shape index (κ1) is 19.2. The zero-order valence-corrected chi connectivity index (χ0v) is 16.2. The molecule has 1 aliphatic rings. The van der Waals surface area contributed by atoms with Gasteiger partial charge in [-0.05, 0) is 44.9 Å². The summed E-state index contributed by atoms with van der Waals surface area (Å²) in [7, 11) is 0. The molecular formula is C18H21Cl2N3O3. The van der Waals surface area contributed by atoms with Gasteiger partial charge in [-0.15, -0.1) is 0 Å². The normalized spacial score (nSPS) is 17.3. The summed E-state index contributed by atoms with van der Waals surface area (Å²) in [4.78, 5) is 17.6. The average molecular weight is 398 g/mol. The fraction of sp³-hybridized carbons (Fsp3) is 0.444. The first-order valence-corrected chi connectivity index (χ1v) is 9.28. The van der Waals surface area contributed by atoms with E-state index in [0.717, 1.165) is 41.9 Å². The van der Waals surface area contributed by atoms with Crippen LogP contribution in [0.2, 0.25) is 10.0 Å². The number of nitrogens with zero attached hydrogens (tertiary/aromatic N) is 2. The van der Waals surface area contributed by atoms with Crippen molar-refractivity contribution in [2.75, 3.05) is 6.61 Å². The lowest BCUT2D eigenvalue weighted by Gasteiger charge is -2.22. The molecule has 0 saturated carbocycles. The van der Waals surface area contributed by atoms with Crippen LogP contribution < -0.4 is 5.48 Å². The molecule has 140 valence electrons. The monoisotopic (exact) mass is 397 g/mol. The Bertz CT molecular complexity index is 801. The number of halogens is 2. The minimum Gasteiger partial charge on any atom is -0.350 e. The molecule has 26 heavy (non-hydrogen) atoms. The lowest BCUT2D eigenvalue weighted by molar-refractivity contribution is -0.200. The Balaban J connectivity index is 1.69. The van der Waals surface area contributed by atoms with E-state index in [1.54, 1.807) is 16.8 Å². The predicted octanol–water partition coefficient (Wildman–Crippen LogP) is 3.91. The van der Waals surface area contributed by atoms with Gasteiger partial charge in [0.05, 0.1) is 27.8 Å². The molecule has 1 atom stereocenters. The molecule has 1 aromatic heterocycles. The molecule has 0 spiro atoms. The summed E-state index contributed by atoms with van der Waals surface area (Å²) in [6.07, 6.45) is 2.66. The second-order valence-corrected chi connectivity index (χ2v) is 7.09. The van der Waals surface area contributed by atoms with Gasteiger partial charge in [-0.2, -0.15) is 5.10 Å². The maximum atomic E-state index is 12.2. The third-order valence-electron chi connectivity index (χ3n) is 4.37. The smallest absolute Gasteiger partial charge is 0.248 e. The first-order valence-electron chi connectivity index (χ1n) is 8.52. The number of ether oxygens (including phenoxy) is 1. The number of rotatable bonds is 5. The number of amides is 1. The molecule has 1 fully saturated rings. The van der Waals surface area contributed by atoms with Crippen molar-refractivity contribution in [2.45, 2.75) is 45.8 Å². The molecule has 1 N–H and O–H groups in total. The Kier molecular flexibility index (Phi) is 6.19. The van der Waals surface area contributed by atoms with Crippen LogP contribution in [0.5, 0.6) is 0 Å². The van der Waals surface area contributed by atoms with Gasteiger partial charge in [-0.3, -0.25) is 4.79 Å². The van der Waals surface area contributed by atoms with E-state index >= 15 is 0 Å². The number of benzene rings is 1. The number of carbonyl (C=O) groups excluding carboxylic acids is 1. The predicted molar refractivity (Wildman–Crippen MR) is 99.6 cm³/mol. The highest BCUT2D eigenvalue weighted by atomic mass is 35.5. The van der Waals surface area contributed by atoms with Gasteiger partial charge in [0.15, 0.2) is 6.29 Å². The molecule has 3 rings (SSSR count). The van der Waals surface area contributed by atoms with E-state index in [4.69, 9.17) is 32.8 Å². The number of hydrogen-bond acceptors (Lipinski definition) is 4. The van der Waals surface area contributed by atoms with E-state index in [0.29, 0.717) is 16.7 Å². The van der Waals surface area contributed by atoms with E-state index in [1.165, 1.54) is 0 Å². The summed E-state index contributed by atoms with van der Waals surface area (Å²) in [6, 6.07) is 5.30. The maximum Gasteiger partial charge on any atom is 0.248 e. The Hall–Kier alpha value is -1.60. The SMILES string of the molecule is Cc1nn(-c2ccc(Cl)c(Cl)c2)c(C)c1CC(=O)NOC1CCCCO1. The van der Waals surface area contributed by atoms with Gasteiger partial charge in [0.1, 0.15) is 0 Å². The molecule has 1 amide bonds. The highest BCUT2D eigenvalue weighted by Crippen LogP contribution is 2.26. The number of hydroxylamine groups is 1. The molecule has 1 aliphatic heterocycles. The van der Waals surface area contributed by atoms with Crippen molar-refractivity contribution in [3.05, 3.63) is 45.2 Å². The highest BCUT2D eigenvalue weighted by Gasteiger charge is 2.19. The number of aryl methyl sites for hydroxylation is 1. The van der Waals surface area contributed by atoms with Crippen molar-refractivity contribution < 1.29 is 14.4 Å². The molecule has 2 aromatic rings. The molecule has 0 radical (unpaired) electrons. The zero-order valence-electron chi connectivity index (χ0n) is 14.7. The van der Waals surface area contributed by atoms with Gasteiger partial charge in [-0.1, -0.05) is 23.2 Å². The van der Waals surface area contributed by atoms with Gasteiger partial charge in [0.2, 0.25) is 5.91 Å². The Morgan fingerprint density at radius 1 is 1.35 bits per heavy atom. The quantitative estimate of drug-likeness (QED) is 0.776. The van der Waals surface area contributed by atoms with Crippen LogP contribution in [0.3, 0.4) is 0 Å². The van der Waals surface area contributed by atoms with E-state index < -0.39 is 0 Å². The largest absolute Gasteiger partial charge is 0.350 e. The van der Waals surface area contributed by atoms with Crippen molar-refractivity contribution in [1.29, 1.82) is 0 Å². The Labute approximate surface area is 162 Å². The second-order valence-electron chi connectivity index (χ2n) is 6.28. The second kappa shape index (κ2) is 8.39. The number of nitrogens with one attached hydrogen (secondary N) is 1. The zero-order chi connectivity index (χ0) is 18.7. The minimum atomic E-state index is -0.367. The van der Waals surface area contributed by atoms with Crippen LogP contribution in [0.25, 0.3) is 5.69 Å². The third-order valence-corrected chi connectivity index (χ3v) is 5.11. The molecule has 1 aromatic carbocycles. The average Bonchev–Trinajstić information content (AvgIpc) is 2.91. The summed E-state index contributed by atoms with van der Waals surface area (Å²) in [5.41, 5.74) is 5.76. The molecule has 1 unspecified atom stereocenters. The lowest BCUT2D eigenvalue weighted by Crippen LogP contribution is -2.34. The molecule has 2 heterocycles. The summed E-state index contributed by atoms with van der Waals surface area (Å²) < 4.78 is 7.19. The molecule has 6 nitrogen and oxygen atoms in total. The molecule has 0 bridgehead atoms. The summed E-state index contributed by atoms with van der Waals surface area (Å²) in [6.45, 7) is 4.44. The topological polar surface area (TPSA) is 65.4 Å². The molecular weight excluding hydrogens is 377 g/mol. The van der Waals surface area contributed by atoms with E-state index in [1.807, 2.05) is 19.9 Å². The summed E-state index contributed by atoms with van der Waals surface area (Å²) >= 11 is 12.1. The van der Waals surface area contributed by atoms with Crippen molar-refractivity contribution in [3.63, 3.8) is 0 Å². The summed E-state index contributed by atoms with van der Waals surface area (Å²) in [5.74, 6) is -0.237. The summed E-state index contributed by atoms with van der Waals surface area (Å²) in [5, 5.41) is 5.46. The molecule has 1 saturated heterocycles. The van der Waals surface area contributed by atoms with Crippen molar-refractivity contribution >= 4 is 29.1 Å². The van der Waals surface area contributed by atoms with Gasteiger partial charge in [0.25, 0.3) is 0 Å². The van der Waals surface area contributed by atoms with Crippen LogP contribution in [0, 0.1) is 13.8 Å². The van der Waals surface area contributed by atoms with Crippen molar-refractivity contribution in [2.24, 2.45) is 0 Å². The number of aromatic nitrogens is 2. The van der Waals surface area contributed by atoms with E-state index in [9.17, 15) is 4.79 Å². The minimum absolute atomic E-state index is 0.172. The molecule has 8 heteroatoms. The lowest BCUT2D eigenvalue weighted by atomic mass is 10.1. The Morgan fingerprint density at radius 2 is 2.15 bits per heavy atom. The first-order chi connectivity index (χ1) is 12.5. The van der Waals surface area contributed by atoms with Crippen LogP contribution in [-0.4, -0.2) is 28.6 Å². The maximum absolute atomic E-state index is 12.2. The van der Waals surface area contributed by atoms with Crippen LogP contribution >= 0.6 is 23.2 Å².